The smallest absolute Gasteiger partial charge is 0.408 e. The lowest BCUT2D eigenvalue weighted by Crippen LogP contribution is -2.60. The van der Waals surface area contributed by atoms with Gasteiger partial charge in [0.1, 0.15) is 28.7 Å². The highest BCUT2D eigenvalue weighted by Gasteiger charge is 2.34. The van der Waals surface area contributed by atoms with Crippen molar-refractivity contribution in [3.8, 4) is 6.07 Å². The van der Waals surface area contributed by atoms with E-state index in [0.29, 0.717) is 27.5 Å². The number of carbonyl (C=O) groups excluding carboxylic acids is 6. The molecule has 0 saturated carbocycles. The summed E-state index contributed by atoms with van der Waals surface area (Å²) in [6.07, 6.45) is 0.0326. The van der Waals surface area contributed by atoms with Crippen LogP contribution in [0.2, 0.25) is 0 Å². The van der Waals surface area contributed by atoms with Crippen LogP contribution in [-0.4, -0.2) is 86.2 Å². The summed E-state index contributed by atoms with van der Waals surface area (Å²) >= 11 is 1.13. The maximum Gasteiger partial charge on any atom is 0.408 e. The quantitative estimate of drug-likeness (QED) is 0.0825. The third-order valence-corrected chi connectivity index (χ3v) is 10.3. The predicted molar refractivity (Wildman–Crippen MR) is 220 cm³/mol. The van der Waals surface area contributed by atoms with Gasteiger partial charge in [-0.05, 0) is 75.1 Å². The van der Waals surface area contributed by atoms with Gasteiger partial charge in [0.2, 0.25) is 17.7 Å². The zero-order valence-corrected chi connectivity index (χ0v) is 36.1. The van der Waals surface area contributed by atoms with Gasteiger partial charge in [0, 0.05) is 25.6 Å². The zero-order chi connectivity index (χ0) is 43.2. The van der Waals surface area contributed by atoms with E-state index < -0.39 is 59.4 Å². The van der Waals surface area contributed by atoms with Crippen LogP contribution >= 0.6 is 11.3 Å². The Kier molecular flexibility index (Phi) is 18.5. The number of carbonyl (C=O) groups is 6. The third-order valence-electron chi connectivity index (χ3n) is 9.08. The number of ether oxygens (including phenoxy) is 2. The van der Waals surface area contributed by atoms with E-state index in [9.17, 15) is 28.8 Å². The molecule has 15 nitrogen and oxygen atoms in total. The standard InChI is InChI=1S/C41H61N7O8S/c1-13-27(28-16-14-26(20-42)15-17-28)21-45-38-29(39(53)55-12)25(8)33(57-38)37(52)44-19-18-43-34(49)30(22(2)3)46-35(50)31(23(4)5)47-36(51)32(24(6)7)48-40(54)56-41(9,10)11/h14-17,22-24,27,30-32,45H,13,18-19,21H2,1-12H3,(H,43,49)(H,44,52)(H,46,50)(H,47,51)(H,48,54)/t27?,30-,31-,32-/m0/s1. The Morgan fingerprint density at radius 1 is 0.789 bits per heavy atom. The van der Waals surface area contributed by atoms with Crippen LogP contribution in [0, 0.1) is 36.0 Å². The molecule has 0 radical (unpaired) electrons. The average Bonchev–Trinajstić information content (AvgIpc) is 3.47. The Morgan fingerprint density at radius 2 is 1.30 bits per heavy atom. The molecule has 0 fully saturated rings. The third kappa shape index (κ3) is 14.4. The molecule has 6 N–H and O–H groups in total. The molecule has 1 heterocycles. The molecule has 57 heavy (non-hydrogen) atoms. The fraction of sp³-hybridized carbons (Fsp3) is 0.585. The molecule has 5 amide bonds. The highest BCUT2D eigenvalue weighted by Crippen LogP contribution is 2.34. The van der Waals surface area contributed by atoms with Crippen molar-refractivity contribution in [1.82, 2.24) is 26.6 Å². The Bertz CT molecular complexity index is 1760. The number of alkyl carbamates (subject to hydrolysis) is 1. The molecule has 0 bridgehead atoms. The molecule has 1 unspecified atom stereocenters. The van der Waals surface area contributed by atoms with E-state index in [1.165, 1.54) is 7.11 Å². The minimum Gasteiger partial charge on any atom is -0.465 e. The van der Waals surface area contributed by atoms with Crippen molar-refractivity contribution in [1.29, 1.82) is 5.26 Å². The monoisotopic (exact) mass is 811 g/mol. The van der Waals surface area contributed by atoms with Crippen molar-refractivity contribution in [3.63, 3.8) is 0 Å². The first-order chi connectivity index (χ1) is 26.6. The normalized spacial score (nSPS) is 13.4. The lowest BCUT2D eigenvalue weighted by molar-refractivity contribution is -0.134. The number of nitrogens with zero attached hydrogens (tertiary/aromatic N) is 1. The summed E-state index contributed by atoms with van der Waals surface area (Å²) in [5.41, 5.74) is 1.55. The number of amides is 5. The van der Waals surface area contributed by atoms with Gasteiger partial charge in [-0.2, -0.15) is 5.26 Å². The Balaban J connectivity index is 2.07. The molecule has 1 aromatic heterocycles. The van der Waals surface area contributed by atoms with Crippen LogP contribution in [0.5, 0.6) is 0 Å². The van der Waals surface area contributed by atoms with E-state index in [4.69, 9.17) is 14.7 Å². The van der Waals surface area contributed by atoms with Gasteiger partial charge in [0.15, 0.2) is 0 Å². The number of esters is 1. The van der Waals surface area contributed by atoms with Gasteiger partial charge in [-0.15, -0.1) is 11.3 Å². The lowest BCUT2D eigenvalue weighted by Gasteiger charge is -2.29. The Hall–Kier alpha value is -5.17. The van der Waals surface area contributed by atoms with Gasteiger partial charge in [0.05, 0.1) is 29.2 Å². The summed E-state index contributed by atoms with van der Waals surface area (Å²) in [6, 6.07) is 6.51. The van der Waals surface area contributed by atoms with Crippen LogP contribution in [-0.2, 0) is 23.9 Å². The first kappa shape index (κ1) is 48.0. The summed E-state index contributed by atoms with van der Waals surface area (Å²) < 4.78 is 10.3. The molecular weight excluding hydrogens is 751 g/mol. The van der Waals surface area contributed by atoms with Gasteiger partial charge >= 0.3 is 12.1 Å². The summed E-state index contributed by atoms with van der Waals surface area (Å²) in [7, 11) is 1.28. The molecule has 314 valence electrons. The van der Waals surface area contributed by atoms with Crippen molar-refractivity contribution in [2.24, 2.45) is 17.8 Å². The molecule has 0 spiro atoms. The van der Waals surface area contributed by atoms with Crippen LogP contribution in [0.4, 0.5) is 9.80 Å². The molecular formula is C41H61N7O8S. The van der Waals surface area contributed by atoms with Gasteiger partial charge in [-0.3, -0.25) is 19.2 Å². The molecule has 0 saturated heterocycles. The summed E-state index contributed by atoms with van der Waals surface area (Å²) in [4.78, 5) is 79.1. The number of benzene rings is 1. The highest BCUT2D eigenvalue weighted by atomic mass is 32.1. The van der Waals surface area contributed by atoms with Crippen molar-refractivity contribution < 1.29 is 38.2 Å². The number of hydrogen-bond acceptors (Lipinski definition) is 11. The van der Waals surface area contributed by atoms with E-state index in [-0.39, 0.29) is 42.3 Å². The van der Waals surface area contributed by atoms with E-state index in [1.54, 1.807) is 81.4 Å². The fourth-order valence-corrected chi connectivity index (χ4v) is 6.94. The van der Waals surface area contributed by atoms with E-state index in [2.05, 4.69) is 38.0 Å². The summed E-state index contributed by atoms with van der Waals surface area (Å²) in [5.74, 6) is -3.57. The molecule has 4 atom stereocenters. The van der Waals surface area contributed by atoms with Crippen LogP contribution in [0.15, 0.2) is 24.3 Å². The van der Waals surface area contributed by atoms with E-state index in [0.717, 1.165) is 23.3 Å². The van der Waals surface area contributed by atoms with Crippen LogP contribution < -0.4 is 31.9 Å². The number of hydrogen-bond donors (Lipinski definition) is 6. The lowest BCUT2D eigenvalue weighted by atomic mass is 9.95. The van der Waals surface area contributed by atoms with Crippen molar-refractivity contribution in [2.75, 3.05) is 32.1 Å². The molecule has 0 aliphatic carbocycles. The Labute approximate surface area is 340 Å². The first-order valence-electron chi connectivity index (χ1n) is 19.3. The number of nitrogens with one attached hydrogen (secondary N) is 6. The number of rotatable bonds is 19. The second-order valence-electron chi connectivity index (χ2n) is 15.8. The van der Waals surface area contributed by atoms with E-state index in [1.807, 2.05) is 19.1 Å². The largest absolute Gasteiger partial charge is 0.465 e. The number of anilines is 1. The second kappa shape index (κ2) is 21.9. The topological polar surface area (TPSA) is 217 Å². The maximum absolute atomic E-state index is 13.5. The minimum absolute atomic E-state index is 0.0442. The summed E-state index contributed by atoms with van der Waals surface area (Å²) in [5, 5.41) is 26.6. The number of nitriles is 1. The Morgan fingerprint density at radius 3 is 1.77 bits per heavy atom. The fourth-order valence-electron chi connectivity index (χ4n) is 5.82. The number of thiophene rings is 1. The van der Waals surface area contributed by atoms with Crippen LogP contribution in [0.3, 0.4) is 0 Å². The van der Waals surface area contributed by atoms with Crippen molar-refractivity contribution in [3.05, 3.63) is 51.4 Å². The van der Waals surface area contributed by atoms with Gasteiger partial charge in [0.25, 0.3) is 5.91 Å². The summed E-state index contributed by atoms with van der Waals surface area (Å²) in [6.45, 7) is 20.0. The predicted octanol–water partition coefficient (Wildman–Crippen LogP) is 5.00. The van der Waals surface area contributed by atoms with Gasteiger partial charge in [-0.25, -0.2) is 9.59 Å². The first-order valence-corrected chi connectivity index (χ1v) is 20.1. The number of methoxy groups -OCH3 is 1. The van der Waals surface area contributed by atoms with Crippen molar-refractivity contribution >= 4 is 52.0 Å². The van der Waals surface area contributed by atoms with Gasteiger partial charge in [-0.1, -0.05) is 60.6 Å². The van der Waals surface area contributed by atoms with Gasteiger partial charge < -0.3 is 41.4 Å². The molecule has 16 heteroatoms. The molecule has 2 rings (SSSR count). The molecule has 1 aromatic carbocycles. The SMILES string of the molecule is CCC(CNc1sc(C(=O)NCCNC(=O)[C@@H](NC(=O)[C@@H](NC(=O)[C@@H](NC(=O)OC(C)(C)C)C(C)C)C(C)C)C(C)C)c(C)c1C(=O)OC)c1ccc(C#N)cc1. The molecule has 2 aromatic rings. The molecule has 0 aliphatic rings. The molecule has 0 aliphatic heterocycles. The van der Waals surface area contributed by atoms with E-state index >= 15 is 0 Å². The second-order valence-corrected chi connectivity index (χ2v) is 16.9. The zero-order valence-electron chi connectivity index (χ0n) is 35.3. The van der Waals surface area contributed by atoms with Crippen LogP contribution in [0.25, 0.3) is 0 Å². The minimum atomic E-state index is -1.01. The van der Waals surface area contributed by atoms with Crippen molar-refractivity contribution in [2.45, 2.75) is 112 Å². The average molecular weight is 812 g/mol. The van der Waals surface area contributed by atoms with Crippen LogP contribution in [0.1, 0.15) is 118 Å². The maximum atomic E-state index is 13.5. The highest BCUT2D eigenvalue weighted by molar-refractivity contribution is 7.18.